The highest BCUT2D eigenvalue weighted by Gasteiger charge is 2.53. The third-order valence-corrected chi connectivity index (χ3v) is 6.45. The highest BCUT2D eigenvalue weighted by molar-refractivity contribution is 5.94. The normalized spacial score (nSPS) is 25.4. The van der Waals surface area contributed by atoms with Crippen LogP contribution in [0.2, 0.25) is 0 Å². The number of alkyl halides is 2. The van der Waals surface area contributed by atoms with Crippen LogP contribution in [0.4, 0.5) is 8.78 Å². The van der Waals surface area contributed by atoms with Gasteiger partial charge in [-0.3, -0.25) is 19.4 Å². The SMILES string of the molecule is CCCN1CCN(C(=O)[C@@H]2CC(F)(F)CN2C2CN(C(=O)c3ccccc3)C2)CC1. The summed E-state index contributed by atoms with van der Waals surface area (Å²) in [7, 11) is 0. The van der Waals surface area contributed by atoms with Gasteiger partial charge in [-0.25, -0.2) is 8.78 Å². The van der Waals surface area contributed by atoms with Crippen LogP contribution >= 0.6 is 0 Å². The van der Waals surface area contributed by atoms with Crippen LogP contribution in [0.3, 0.4) is 0 Å². The van der Waals surface area contributed by atoms with Crippen molar-refractivity contribution in [3.63, 3.8) is 0 Å². The smallest absolute Gasteiger partial charge is 0.262 e. The highest BCUT2D eigenvalue weighted by Crippen LogP contribution is 2.36. The fourth-order valence-corrected chi connectivity index (χ4v) is 4.77. The van der Waals surface area contributed by atoms with Gasteiger partial charge in [0.1, 0.15) is 0 Å². The molecule has 0 N–H and O–H groups in total. The number of carbonyl (C=O) groups excluding carboxylic acids is 2. The number of amides is 2. The number of benzene rings is 1. The van der Waals surface area contributed by atoms with Crippen molar-refractivity contribution in [1.82, 2.24) is 19.6 Å². The number of rotatable bonds is 5. The molecule has 2 amide bonds. The first-order valence-corrected chi connectivity index (χ1v) is 10.9. The van der Waals surface area contributed by atoms with Gasteiger partial charge in [0.15, 0.2) is 0 Å². The highest BCUT2D eigenvalue weighted by atomic mass is 19.3. The third kappa shape index (κ3) is 4.34. The van der Waals surface area contributed by atoms with Crippen LogP contribution in [-0.4, -0.2) is 102 Å². The molecule has 0 radical (unpaired) electrons. The Morgan fingerprint density at radius 3 is 2.33 bits per heavy atom. The fraction of sp³-hybridized carbons (Fsp3) is 0.636. The standard InChI is InChI=1S/C22H30F2N4O2/c1-2-8-25-9-11-26(12-10-25)21(30)19-13-22(23,24)16-28(19)18-14-27(15-18)20(29)17-6-4-3-5-7-17/h3-7,18-19H,2,8-16H2,1H3/t19-/m0/s1. The Balaban J connectivity index is 1.37. The number of hydrogen-bond donors (Lipinski definition) is 0. The first kappa shape index (κ1) is 21.2. The van der Waals surface area contributed by atoms with E-state index in [4.69, 9.17) is 0 Å². The molecule has 1 aromatic carbocycles. The van der Waals surface area contributed by atoms with E-state index in [0.717, 1.165) is 26.1 Å². The predicted molar refractivity (Wildman–Crippen MR) is 110 cm³/mol. The van der Waals surface area contributed by atoms with Gasteiger partial charge in [-0.05, 0) is 25.1 Å². The topological polar surface area (TPSA) is 47.1 Å². The molecular weight excluding hydrogens is 390 g/mol. The summed E-state index contributed by atoms with van der Waals surface area (Å²) in [5.41, 5.74) is 0.597. The molecule has 8 heteroatoms. The Kier molecular flexibility index (Phi) is 6.06. The predicted octanol–water partition coefficient (Wildman–Crippen LogP) is 1.77. The van der Waals surface area contributed by atoms with Crippen molar-refractivity contribution < 1.29 is 18.4 Å². The van der Waals surface area contributed by atoms with E-state index in [2.05, 4.69) is 11.8 Å². The molecule has 3 aliphatic heterocycles. The van der Waals surface area contributed by atoms with E-state index in [1.807, 2.05) is 6.07 Å². The molecule has 3 heterocycles. The number of halogens is 2. The molecule has 0 aromatic heterocycles. The first-order valence-electron chi connectivity index (χ1n) is 10.9. The summed E-state index contributed by atoms with van der Waals surface area (Å²) in [5, 5.41) is 0. The largest absolute Gasteiger partial charge is 0.339 e. The van der Waals surface area contributed by atoms with Gasteiger partial charge in [-0.2, -0.15) is 0 Å². The molecule has 0 saturated carbocycles. The lowest BCUT2D eigenvalue weighted by atomic mass is 10.0. The molecular formula is C22H30F2N4O2. The Morgan fingerprint density at radius 1 is 1.03 bits per heavy atom. The van der Waals surface area contributed by atoms with Crippen molar-refractivity contribution in [2.45, 2.75) is 37.8 Å². The zero-order chi connectivity index (χ0) is 21.3. The molecule has 30 heavy (non-hydrogen) atoms. The van der Waals surface area contributed by atoms with Crippen LogP contribution in [0.15, 0.2) is 30.3 Å². The minimum atomic E-state index is -2.87. The monoisotopic (exact) mass is 420 g/mol. The van der Waals surface area contributed by atoms with Gasteiger partial charge >= 0.3 is 0 Å². The minimum Gasteiger partial charge on any atom is -0.339 e. The summed E-state index contributed by atoms with van der Waals surface area (Å²) in [6.45, 7) is 6.28. The Hall–Kier alpha value is -2.06. The Labute approximate surface area is 176 Å². The Bertz CT molecular complexity index is 762. The molecule has 1 aromatic rings. The molecule has 3 aliphatic rings. The second-order valence-electron chi connectivity index (χ2n) is 8.65. The van der Waals surface area contributed by atoms with Crippen LogP contribution in [0.25, 0.3) is 0 Å². The van der Waals surface area contributed by atoms with Crippen molar-refractivity contribution in [2.75, 3.05) is 52.4 Å². The van der Waals surface area contributed by atoms with E-state index in [0.29, 0.717) is 31.7 Å². The first-order chi connectivity index (χ1) is 14.4. The van der Waals surface area contributed by atoms with E-state index < -0.39 is 24.9 Å². The number of likely N-dealkylation sites (tertiary alicyclic amines) is 2. The molecule has 1 atom stereocenters. The maximum absolute atomic E-state index is 14.3. The minimum absolute atomic E-state index is 0.0901. The zero-order valence-corrected chi connectivity index (χ0v) is 17.5. The molecule has 6 nitrogen and oxygen atoms in total. The summed E-state index contributed by atoms with van der Waals surface area (Å²) < 4.78 is 28.5. The van der Waals surface area contributed by atoms with Crippen molar-refractivity contribution in [3.05, 3.63) is 35.9 Å². The van der Waals surface area contributed by atoms with Gasteiger partial charge in [0.05, 0.1) is 12.6 Å². The molecule has 0 bridgehead atoms. The van der Waals surface area contributed by atoms with Gasteiger partial charge < -0.3 is 9.80 Å². The zero-order valence-electron chi connectivity index (χ0n) is 17.5. The Morgan fingerprint density at radius 2 is 1.70 bits per heavy atom. The lowest BCUT2D eigenvalue weighted by molar-refractivity contribution is -0.139. The van der Waals surface area contributed by atoms with Gasteiger partial charge in [-0.15, -0.1) is 0 Å². The van der Waals surface area contributed by atoms with Gasteiger partial charge in [0, 0.05) is 57.3 Å². The lowest BCUT2D eigenvalue weighted by Crippen LogP contribution is -2.64. The van der Waals surface area contributed by atoms with Gasteiger partial charge in [0.25, 0.3) is 11.8 Å². The van der Waals surface area contributed by atoms with Crippen LogP contribution in [0, 0.1) is 0 Å². The third-order valence-electron chi connectivity index (χ3n) is 6.45. The summed E-state index contributed by atoms with van der Waals surface area (Å²) in [6.07, 6.45) is 0.639. The van der Waals surface area contributed by atoms with Crippen molar-refractivity contribution in [1.29, 1.82) is 0 Å². The van der Waals surface area contributed by atoms with E-state index in [9.17, 15) is 18.4 Å². The van der Waals surface area contributed by atoms with E-state index in [1.54, 1.807) is 39.0 Å². The van der Waals surface area contributed by atoms with Gasteiger partial charge in [0.2, 0.25) is 5.91 Å². The molecule has 0 spiro atoms. The van der Waals surface area contributed by atoms with E-state index in [-0.39, 0.29) is 17.9 Å². The van der Waals surface area contributed by atoms with Crippen LogP contribution in [0.1, 0.15) is 30.1 Å². The molecule has 0 aliphatic carbocycles. The molecule has 164 valence electrons. The second kappa shape index (κ2) is 8.59. The fourth-order valence-electron chi connectivity index (χ4n) is 4.77. The molecule has 3 saturated heterocycles. The van der Waals surface area contributed by atoms with Crippen LogP contribution in [-0.2, 0) is 4.79 Å². The molecule has 4 rings (SSSR count). The van der Waals surface area contributed by atoms with Crippen LogP contribution < -0.4 is 0 Å². The average Bonchev–Trinajstić information content (AvgIpc) is 3.03. The summed E-state index contributed by atoms with van der Waals surface area (Å²) in [5.74, 6) is -3.14. The quantitative estimate of drug-likeness (QED) is 0.729. The summed E-state index contributed by atoms with van der Waals surface area (Å²) >= 11 is 0. The van der Waals surface area contributed by atoms with Crippen molar-refractivity contribution in [3.8, 4) is 0 Å². The molecule has 0 unspecified atom stereocenters. The number of carbonyl (C=O) groups is 2. The average molecular weight is 421 g/mol. The van der Waals surface area contributed by atoms with E-state index in [1.165, 1.54) is 0 Å². The summed E-state index contributed by atoms with van der Waals surface area (Å²) in [6, 6.07) is 7.98. The lowest BCUT2D eigenvalue weighted by Gasteiger charge is -2.46. The van der Waals surface area contributed by atoms with Crippen molar-refractivity contribution in [2.24, 2.45) is 0 Å². The van der Waals surface area contributed by atoms with Gasteiger partial charge in [-0.1, -0.05) is 25.1 Å². The second-order valence-corrected chi connectivity index (χ2v) is 8.65. The summed E-state index contributed by atoms with van der Waals surface area (Å²) in [4.78, 5) is 33.0. The van der Waals surface area contributed by atoms with Crippen LogP contribution in [0.5, 0.6) is 0 Å². The van der Waals surface area contributed by atoms with E-state index >= 15 is 0 Å². The molecule has 3 fully saturated rings. The number of piperazine rings is 1. The number of hydrogen-bond acceptors (Lipinski definition) is 4. The number of nitrogens with zero attached hydrogens (tertiary/aromatic N) is 4. The maximum atomic E-state index is 14.3. The van der Waals surface area contributed by atoms with Crippen molar-refractivity contribution >= 4 is 11.8 Å². The maximum Gasteiger partial charge on any atom is 0.262 e.